The van der Waals surface area contributed by atoms with Crippen molar-refractivity contribution in [3.05, 3.63) is 17.6 Å². The molecule has 5 heteroatoms. The van der Waals surface area contributed by atoms with Crippen molar-refractivity contribution in [2.24, 2.45) is 0 Å². The highest BCUT2D eigenvalue weighted by atomic mass is 15.4. The van der Waals surface area contributed by atoms with Crippen LogP contribution in [0.2, 0.25) is 0 Å². The second-order valence-electron chi connectivity index (χ2n) is 4.15. The van der Waals surface area contributed by atoms with Crippen LogP contribution in [-0.4, -0.2) is 25.6 Å². The molecular formula is C11H17N5. The van der Waals surface area contributed by atoms with E-state index < -0.39 is 0 Å². The van der Waals surface area contributed by atoms with Crippen molar-refractivity contribution in [1.29, 1.82) is 0 Å². The largest absolute Gasteiger partial charge is 0.367 e. The molecule has 1 N–H and O–H groups in total. The van der Waals surface area contributed by atoms with Crippen LogP contribution in [0.25, 0.3) is 5.78 Å². The maximum absolute atomic E-state index is 4.42. The van der Waals surface area contributed by atoms with E-state index in [4.69, 9.17) is 0 Å². The summed E-state index contributed by atoms with van der Waals surface area (Å²) >= 11 is 0. The Morgan fingerprint density at radius 2 is 2.19 bits per heavy atom. The fourth-order valence-corrected chi connectivity index (χ4v) is 1.83. The quantitative estimate of drug-likeness (QED) is 0.855. The molecule has 0 radical (unpaired) electrons. The Bertz CT molecular complexity index is 500. The summed E-state index contributed by atoms with van der Waals surface area (Å²) in [6, 6.07) is 0.361. The molecule has 0 aliphatic heterocycles. The number of rotatable bonds is 3. The number of nitrogens with one attached hydrogen (secondary N) is 1. The summed E-state index contributed by atoms with van der Waals surface area (Å²) < 4.78 is 1.77. The average molecular weight is 219 g/mol. The van der Waals surface area contributed by atoms with Crippen molar-refractivity contribution in [3.8, 4) is 0 Å². The van der Waals surface area contributed by atoms with Gasteiger partial charge in [-0.1, -0.05) is 6.92 Å². The first kappa shape index (κ1) is 10.9. The van der Waals surface area contributed by atoms with Crippen molar-refractivity contribution in [1.82, 2.24) is 19.6 Å². The van der Waals surface area contributed by atoms with E-state index in [0.717, 1.165) is 17.9 Å². The van der Waals surface area contributed by atoms with E-state index in [-0.39, 0.29) is 0 Å². The molecular weight excluding hydrogens is 202 g/mol. The zero-order chi connectivity index (χ0) is 11.7. The van der Waals surface area contributed by atoms with Crippen LogP contribution in [0, 0.1) is 6.92 Å². The van der Waals surface area contributed by atoms with Crippen LogP contribution >= 0.6 is 0 Å². The van der Waals surface area contributed by atoms with Gasteiger partial charge < -0.3 is 5.32 Å². The van der Waals surface area contributed by atoms with Gasteiger partial charge in [-0.05, 0) is 27.2 Å². The first-order valence-electron chi connectivity index (χ1n) is 5.59. The Kier molecular flexibility index (Phi) is 2.77. The lowest BCUT2D eigenvalue weighted by Crippen LogP contribution is -2.17. The summed E-state index contributed by atoms with van der Waals surface area (Å²) in [6.45, 7) is 8.35. The second kappa shape index (κ2) is 4.08. The van der Waals surface area contributed by atoms with E-state index in [0.29, 0.717) is 11.8 Å². The molecule has 2 rings (SSSR count). The van der Waals surface area contributed by atoms with Crippen LogP contribution in [0.5, 0.6) is 0 Å². The molecule has 5 nitrogen and oxygen atoms in total. The highest BCUT2D eigenvalue weighted by Crippen LogP contribution is 2.20. The zero-order valence-corrected chi connectivity index (χ0v) is 10.2. The summed E-state index contributed by atoms with van der Waals surface area (Å²) in [7, 11) is 0. The molecule has 0 saturated carbocycles. The van der Waals surface area contributed by atoms with Gasteiger partial charge in [0.1, 0.15) is 12.1 Å². The molecule has 0 atom stereocenters. The van der Waals surface area contributed by atoms with Crippen LogP contribution in [0.4, 0.5) is 5.82 Å². The molecule has 2 aromatic heterocycles. The van der Waals surface area contributed by atoms with Crippen LogP contribution < -0.4 is 5.32 Å². The lowest BCUT2D eigenvalue weighted by molar-refractivity contribution is 0.831. The zero-order valence-electron chi connectivity index (χ0n) is 10.2. The highest BCUT2D eigenvalue weighted by Gasteiger charge is 2.13. The molecule has 0 aromatic carbocycles. The first-order valence-corrected chi connectivity index (χ1v) is 5.59. The molecule has 0 amide bonds. The average Bonchev–Trinajstić information content (AvgIpc) is 2.64. The first-order chi connectivity index (χ1) is 7.63. The van der Waals surface area contributed by atoms with Crippen molar-refractivity contribution in [2.45, 2.75) is 40.2 Å². The second-order valence-corrected chi connectivity index (χ2v) is 4.15. The monoisotopic (exact) mass is 219 g/mol. The van der Waals surface area contributed by atoms with Crippen LogP contribution in [0.15, 0.2) is 6.33 Å². The predicted molar refractivity (Wildman–Crippen MR) is 63.7 cm³/mol. The van der Waals surface area contributed by atoms with E-state index >= 15 is 0 Å². The Labute approximate surface area is 94.9 Å². The maximum Gasteiger partial charge on any atom is 0.254 e. The number of aromatic nitrogens is 4. The smallest absolute Gasteiger partial charge is 0.254 e. The molecule has 16 heavy (non-hydrogen) atoms. The van der Waals surface area contributed by atoms with E-state index in [9.17, 15) is 0 Å². The van der Waals surface area contributed by atoms with Crippen LogP contribution in [0.1, 0.15) is 32.0 Å². The Morgan fingerprint density at radius 1 is 1.44 bits per heavy atom. The van der Waals surface area contributed by atoms with Gasteiger partial charge in [-0.25, -0.2) is 4.98 Å². The number of hydrogen-bond acceptors (Lipinski definition) is 4. The summed E-state index contributed by atoms with van der Waals surface area (Å²) in [5, 5.41) is 7.62. The maximum atomic E-state index is 4.42. The highest BCUT2D eigenvalue weighted by molar-refractivity contribution is 5.52. The van der Waals surface area contributed by atoms with Gasteiger partial charge in [0.05, 0.1) is 0 Å². The molecule has 2 heterocycles. The molecule has 0 bridgehead atoms. The Morgan fingerprint density at radius 3 is 2.81 bits per heavy atom. The van der Waals surface area contributed by atoms with Gasteiger partial charge in [0.2, 0.25) is 0 Å². The van der Waals surface area contributed by atoms with E-state index in [1.165, 1.54) is 11.9 Å². The normalized spacial score (nSPS) is 11.3. The summed E-state index contributed by atoms with van der Waals surface area (Å²) in [5.41, 5.74) is 2.22. The van der Waals surface area contributed by atoms with Gasteiger partial charge in [0.15, 0.2) is 0 Å². The van der Waals surface area contributed by atoms with Crippen LogP contribution in [-0.2, 0) is 6.42 Å². The fraction of sp³-hybridized carbons (Fsp3) is 0.545. The molecule has 2 aromatic rings. The molecule has 0 fully saturated rings. The Hall–Kier alpha value is -1.65. The van der Waals surface area contributed by atoms with Crippen molar-refractivity contribution < 1.29 is 0 Å². The standard InChI is InChI=1S/C11H17N5/c1-5-9-8(4)15-11-12-6-13-16(11)10(9)14-7(2)3/h6-7,14H,5H2,1-4H3. The minimum atomic E-state index is 0.361. The SMILES string of the molecule is CCc1c(C)nc2ncnn2c1NC(C)C. The minimum absolute atomic E-state index is 0.361. The summed E-state index contributed by atoms with van der Waals surface area (Å²) in [5.74, 6) is 1.66. The van der Waals surface area contributed by atoms with Gasteiger partial charge in [0.25, 0.3) is 5.78 Å². The fourth-order valence-electron chi connectivity index (χ4n) is 1.83. The van der Waals surface area contributed by atoms with Gasteiger partial charge >= 0.3 is 0 Å². The van der Waals surface area contributed by atoms with Crippen molar-refractivity contribution >= 4 is 11.6 Å². The lowest BCUT2D eigenvalue weighted by atomic mass is 10.1. The van der Waals surface area contributed by atoms with E-state index in [2.05, 4.69) is 41.2 Å². The molecule has 0 saturated heterocycles. The molecule has 0 aliphatic carbocycles. The number of fused-ring (bicyclic) bond motifs is 1. The van der Waals surface area contributed by atoms with Crippen molar-refractivity contribution in [3.63, 3.8) is 0 Å². The Balaban J connectivity index is 2.67. The molecule has 86 valence electrons. The van der Waals surface area contributed by atoms with Crippen molar-refractivity contribution in [2.75, 3.05) is 5.32 Å². The third kappa shape index (κ3) is 1.73. The third-order valence-corrected chi connectivity index (χ3v) is 2.51. The molecule has 0 spiro atoms. The third-order valence-electron chi connectivity index (χ3n) is 2.51. The molecule has 0 unspecified atom stereocenters. The van der Waals surface area contributed by atoms with E-state index in [1.807, 2.05) is 6.92 Å². The van der Waals surface area contributed by atoms with Gasteiger partial charge in [-0.3, -0.25) is 0 Å². The predicted octanol–water partition coefficient (Wildman–Crippen LogP) is 1.82. The van der Waals surface area contributed by atoms with E-state index in [1.54, 1.807) is 4.52 Å². The topological polar surface area (TPSA) is 55.1 Å². The summed E-state index contributed by atoms with van der Waals surface area (Å²) in [4.78, 5) is 8.55. The minimum Gasteiger partial charge on any atom is -0.367 e. The number of aryl methyl sites for hydroxylation is 1. The number of anilines is 1. The number of nitrogens with zero attached hydrogens (tertiary/aromatic N) is 4. The molecule has 0 aliphatic rings. The number of hydrogen-bond donors (Lipinski definition) is 1. The summed E-state index contributed by atoms with van der Waals surface area (Å²) in [6.07, 6.45) is 2.47. The van der Waals surface area contributed by atoms with Gasteiger partial charge in [0, 0.05) is 17.3 Å². The van der Waals surface area contributed by atoms with Gasteiger partial charge in [-0.15, -0.1) is 0 Å². The van der Waals surface area contributed by atoms with Crippen LogP contribution in [0.3, 0.4) is 0 Å². The van der Waals surface area contributed by atoms with Gasteiger partial charge in [-0.2, -0.15) is 14.6 Å². The lowest BCUT2D eigenvalue weighted by Gasteiger charge is -2.16.